The number of rotatable bonds is 6. The molecule has 1 radical (unpaired) electrons. The summed E-state index contributed by atoms with van der Waals surface area (Å²) in [6.45, 7) is 0. The molecule has 10 aliphatic heterocycles. The summed E-state index contributed by atoms with van der Waals surface area (Å²) in [5.74, 6) is 0.707. The van der Waals surface area contributed by atoms with Crippen LogP contribution in [0.3, 0.4) is 0 Å². The smallest absolute Gasteiger partial charge is 0.748 e. The average molecular weight is 1640 g/mol. The van der Waals surface area contributed by atoms with Gasteiger partial charge in [-0.25, -0.2) is 71.1 Å². The van der Waals surface area contributed by atoms with E-state index in [2.05, 4.69) is 85.1 Å². The van der Waals surface area contributed by atoms with E-state index in [1.54, 1.807) is 0 Å². The zero-order valence-corrected chi connectivity index (χ0v) is 64.9. The third-order valence-electron chi connectivity index (χ3n) is 30.2. The Morgan fingerprint density at radius 2 is 0.343 bits per heavy atom. The molecular weight excluding hydrogens is 1530 g/mol. The average Bonchev–Trinajstić information content (AvgIpc) is 1.63. The number of nitrogens with two attached hydrogens (primary N) is 4. The molecule has 10 saturated heterocycles. The van der Waals surface area contributed by atoms with Crippen LogP contribution in [0.4, 0.5) is 0 Å². The minimum absolute atomic E-state index is 0. The predicted molar refractivity (Wildman–Crippen MR) is 381 cm³/mol. The second-order valence-electron chi connectivity index (χ2n) is 35.2. The maximum Gasteiger partial charge on any atom is 2.00 e. The predicted octanol–water partition coefficient (Wildman–Crippen LogP) is -4.68. The van der Waals surface area contributed by atoms with Gasteiger partial charge in [-0.3, -0.25) is 85.1 Å². The molecule has 0 aromatic heterocycles. The van der Waals surface area contributed by atoms with Crippen molar-refractivity contribution in [1.29, 1.82) is 0 Å². The number of primary sulfonamides is 4. The SMILES string of the molecule is NS(=O)(=O)C1C2C3NC4NC(NC5NC(NC6NC(NC(N3)C2CC(S(=O)(=O)[O-])C1S(N)(=O)=O)C1CCCCC61)C1CCCCC51)C1CCCCC41.NS(=O)(=O)C1C2C3NC4NC(NC5NC(NC6NC(NC(N3)C2CC(S(=O)(=O)[O-])C1S(N)(=O)=O)C1CCCCC61)C1CCCCC51)C1CCCCC41.[Cu+2]. The quantitative estimate of drug-likeness (QED) is 0.0878. The Bertz CT molecular complexity index is 3670. The zero-order chi connectivity index (χ0) is 72.6. The second kappa shape index (κ2) is 29.6. The van der Waals surface area contributed by atoms with Crippen LogP contribution in [0.15, 0.2) is 0 Å². The first kappa shape index (κ1) is 78.2. The molecule has 16 bridgehead atoms. The maximum absolute atomic E-state index is 13.6. The zero-order valence-electron chi connectivity index (χ0n) is 59.1. The maximum atomic E-state index is 13.6. The van der Waals surface area contributed by atoms with Gasteiger partial charge < -0.3 is 9.11 Å². The molecule has 18 rings (SSSR count). The van der Waals surface area contributed by atoms with Crippen LogP contribution in [-0.4, -0.2) is 190 Å². The van der Waals surface area contributed by atoms with Crippen molar-refractivity contribution in [1.82, 2.24) is 85.1 Å². The standard InChI is InChI=1S/2C32H58N10O7S3.Cu/c2*33-50(43,44)23-21(52(47,48)49)13-20-22(24(23)51(34,45)46)32-41-30-19-12-6-5-11-18(19)28(39-30)37-26-15-8-2-1-7-14(15)25(35-26)36-27-16-9-3-4-10-17(16)29(38-27)40-31(20)42-32;/h2*14-32,35-42H,1-13H2,(H2,33,43,44)(H2,34,45,46)(H,47,48,49);/q;;+2/p-2. The van der Waals surface area contributed by atoms with E-state index >= 15 is 0 Å². The molecular formula is C64H114CuN20O14S6. The fourth-order valence-electron chi connectivity index (χ4n) is 26.1. The molecule has 38 atom stereocenters. The normalized spacial score (nSPS) is 51.8. The van der Waals surface area contributed by atoms with Crippen LogP contribution in [0, 0.1) is 94.7 Å². The molecule has 24 N–H and O–H groups in total. The van der Waals surface area contributed by atoms with Crippen LogP contribution >= 0.6 is 0 Å². The molecule has 41 heteroatoms. The van der Waals surface area contributed by atoms with Crippen LogP contribution in [0.2, 0.25) is 0 Å². The Morgan fingerprint density at radius 1 is 0.210 bits per heavy atom. The molecule has 0 aromatic carbocycles. The van der Waals surface area contributed by atoms with Crippen molar-refractivity contribution < 1.29 is 76.7 Å². The van der Waals surface area contributed by atoms with Gasteiger partial charge in [0.1, 0.15) is 21.0 Å². The van der Waals surface area contributed by atoms with Crippen molar-refractivity contribution in [2.45, 2.75) is 297 Å². The fraction of sp³-hybridized carbons (Fsp3) is 1.00. The Balaban J connectivity index is 0.000000160. The third kappa shape index (κ3) is 14.6. The molecule has 601 valence electrons. The number of nitrogens with one attached hydrogen (secondary N) is 16. The van der Waals surface area contributed by atoms with Crippen LogP contribution < -0.4 is 106 Å². The van der Waals surface area contributed by atoms with Crippen molar-refractivity contribution >= 4 is 60.3 Å². The van der Waals surface area contributed by atoms with Crippen LogP contribution in [0.1, 0.15) is 167 Å². The van der Waals surface area contributed by atoms with Crippen LogP contribution in [0.25, 0.3) is 0 Å². The van der Waals surface area contributed by atoms with Gasteiger partial charge in [-0.05, 0) is 173 Å². The van der Waals surface area contributed by atoms with Gasteiger partial charge >= 0.3 is 17.1 Å². The number of hydrogen-bond donors (Lipinski definition) is 20. The van der Waals surface area contributed by atoms with Crippen molar-refractivity contribution in [2.75, 3.05) is 0 Å². The van der Waals surface area contributed by atoms with E-state index in [0.717, 1.165) is 103 Å². The van der Waals surface area contributed by atoms with Gasteiger partial charge in [-0.2, -0.15) is 0 Å². The number of fused-ring (bicyclic) bond motifs is 40. The Labute approximate surface area is 630 Å². The van der Waals surface area contributed by atoms with E-state index in [0.29, 0.717) is 47.3 Å². The fourth-order valence-corrected chi connectivity index (χ4v) is 36.7. The molecule has 0 aromatic rings. The van der Waals surface area contributed by atoms with E-state index in [9.17, 15) is 59.6 Å². The van der Waals surface area contributed by atoms with Gasteiger partial charge in [0.05, 0.1) is 129 Å². The molecule has 0 amide bonds. The van der Waals surface area contributed by atoms with E-state index in [4.69, 9.17) is 20.6 Å². The van der Waals surface area contributed by atoms with Gasteiger partial charge in [-0.15, -0.1) is 0 Å². The molecule has 18 fully saturated rings. The summed E-state index contributed by atoms with van der Waals surface area (Å²) >= 11 is 0. The summed E-state index contributed by atoms with van der Waals surface area (Å²) in [7, 11) is -29.8. The molecule has 0 spiro atoms. The molecule has 8 aliphatic carbocycles. The summed E-state index contributed by atoms with van der Waals surface area (Å²) in [6.07, 6.45) is 22.5. The van der Waals surface area contributed by atoms with Crippen LogP contribution in [-0.2, 0) is 77.4 Å². The van der Waals surface area contributed by atoms with Gasteiger partial charge in [0.2, 0.25) is 40.1 Å². The third-order valence-corrected chi connectivity index (χ3v) is 38.8. The largest absolute Gasteiger partial charge is 2.00 e. The summed E-state index contributed by atoms with van der Waals surface area (Å²) < 4.78 is 184. The summed E-state index contributed by atoms with van der Waals surface area (Å²) in [5.41, 5.74) is 0. The molecule has 10 heterocycles. The Hall–Kier alpha value is -0.661. The minimum Gasteiger partial charge on any atom is -0.748 e. The minimum atomic E-state index is -5.31. The van der Waals surface area contributed by atoms with E-state index in [1.807, 2.05) is 0 Å². The molecule has 8 saturated carbocycles. The van der Waals surface area contributed by atoms with Gasteiger partial charge in [-0.1, -0.05) is 77.0 Å². The van der Waals surface area contributed by atoms with Crippen molar-refractivity contribution in [3.63, 3.8) is 0 Å². The summed E-state index contributed by atoms with van der Waals surface area (Å²) in [5, 5.41) is 72.2. The molecule has 18 aliphatic rings. The summed E-state index contributed by atoms with van der Waals surface area (Å²) in [4.78, 5) is 0. The molecule has 34 nitrogen and oxygen atoms in total. The first-order chi connectivity index (χ1) is 49.3. The number of hydrogen-bond acceptors (Lipinski definition) is 30. The first-order valence-electron chi connectivity index (χ1n) is 39.5. The van der Waals surface area contributed by atoms with Gasteiger partial charge in [0, 0.05) is 11.8 Å². The Morgan fingerprint density at radius 3 is 0.476 bits per heavy atom. The van der Waals surface area contributed by atoms with Crippen LogP contribution in [0.5, 0.6) is 0 Å². The molecule has 105 heavy (non-hydrogen) atoms. The van der Waals surface area contributed by atoms with Crippen molar-refractivity contribution in [2.24, 2.45) is 115 Å². The second-order valence-corrected chi connectivity index (χ2v) is 45.3. The topological polar surface area (TPSA) is 548 Å². The van der Waals surface area contributed by atoms with E-state index in [1.165, 1.54) is 51.4 Å². The molecule has 38 unspecified atom stereocenters. The first-order valence-corrected chi connectivity index (χ1v) is 48.8. The number of sulfonamides is 4. The monoisotopic (exact) mass is 1640 g/mol. The van der Waals surface area contributed by atoms with Crippen molar-refractivity contribution in [3.8, 4) is 0 Å². The van der Waals surface area contributed by atoms with E-state index in [-0.39, 0.29) is 128 Å². The van der Waals surface area contributed by atoms with Crippen molar-refractivity contribution in [3.05, 3.63) is 0 Å². The van der Waals surface area contributed by atoms with E-state index < -0.39 is 140 Å². The van der Waals surface area contributed by atoms with Gasteiger partial charge in [0.25, 0.3) is 0 Å². The Kier molecular flexibility index (Phi) is 22.0. The van der Waals surface area contributed by atoms with Gasteiger partial charge in [0.15, 0.2) is 0 Å². The summed E-state index contributed by atoms with van der Waals surface area (Å²) in [6, 6.07) is 0.